The summed E-state index contributed by atoms with van der Waals surface area (Å²) < 4.78 is 16.6. The van der Waals surface area contributed by atoms with Crippen LogP contribution >= 0.6 is 0 Å². The molecule has 0 bridgehead atoms. The topological polar surface area (TPSA) is 39.7 Å². The van der Waals surface area contributed by atoms with Gasteiger partial charge in [-0.15, -0.1) is 0 Å². The van der Waals surface area contributed by atoms with E-state index in [1.165, 1.54) is 0 Å². The van der Waals surface area contributed by atoms with E-state index in [0.717, 1.165) is 28.6 Å². The van der Waals surface area contributed by atoms with Crippen LogP contribution in [-0.2, 0) is 0 Å². The molecule has 19 heavy (non-hydrogen) atoms. The fourth-order valence-corrected chi connectivity index (χ4v) is 2.07. The van der Waals surface area contributed by atoms with Gasteiger partial charge in [-0.05, 0) is 24.3 Å². The number of anilines is 2. The molecule has 0 aliphatic carbocycles. The van der Waals surface area contributed by atoms with Crippen molar-refractivity contribution in [3.8, 4) is 17.2 Å². The van der Waals surface area contributed by atoms with Gasteiger partial charge < -0.3 is 19.5 Å². The van der Waals surface area contributed by atoms with Gasteiger partial charge in [0.25, 0.3) is 0 Å². The molecule has 0 fully saturated rings. The number of hydrogen-bond acceptors (Lipinski definition) is 4. The van der Waals surface area contributed by atoms with Gasteiger partial charge >= 0.3 is 0 Å². The molecule has 0 unspecified atom stereocenters. The van der Waals surface area contributed by atoms with E-state index < -0.39 is 0 Å². The Balaban J connectivity index is 1.95. The summed E-state index contributed by atoms with van der Waals surface area (Å²) in [4.78, 5) is 0. The molecule has 1 aliphatic rings. The predicted octanol–water partition coefficient (Wildman–Crippen LogP) is 3.21. The molecule has 0 saturated heterocycles. The fraction of sp³-hybridized carbons (Fsp3) is 0.200. The lowest BCUT2D eigenvalue weighted by atomic mass is 10.2. The number of fused-ring (bicyclic) bond motifs is 1. The quantitative estimate of drug-likeness (QED) is 0.916. The van der Waals surface area contributed by atoms with E-state index >= 15 is 0 Å². The van der Waals surface area contributed by atoms with Crippen LogP contribution in [0, 0.1) is 0 Å². The van der Waals surface area contributed by atoms with E-state index in [1.807, 2.05) is 42.5 Å². The van der Waals surface area contributed by atoms with Crippen molar-refractivity contribution < 1.29 is 14.2 Å². The second kappa shape index (κ2) is 5.10. The van der Waals surface area contributed by atoms with E-state index in [9.17, 15) is 0 Å². The highest BCUT2D eigenvalue weighted by molar-refractivity contribution is 5.73. The Morgan fingerprint density at radius 1 is 0.947 bits per heavy atom. The SMILES string of the molecule is COc1ccccc1Nc1cccc2c1OCCO2. The third-order valence-corrected chi connectivity index (χ3v) is 2.94. The van der Waals surface area contributed by atoms with Crippen LogP contribution in [0.25, 0.3) is 0 Å². The number of methoxy groups -OCH3 is 1. The average molecular weight is 257 g/mol. The minimum Gasteiger partial charge on any atom is -0.495 e. The van der Waals surface area contributed by atoms with Gasteiger partial charge in [0.05, 0.1) is 18.5 Å². The zero-order valence-corrected chi connectivity index (χ0v) is 10.7. The molecule has 1 N–H and O–H groups in total. The van der Waals surface area contributed by atoms with E-state index in [-0.39, 0.29) is 0 Å². The first-order valence-corrected chi connectivity index (χ1v) is 6.17. The summed E-state index contributed by atoms with van der Waals surface area (Å²) in [6.07, 6.45) is 0. The van der Waals surface area contributed by atoms with Crippen LogP contribution in [0.4, 0.5) is 11.4 Å². The molecule has 0 atom stereocenters. The van der Waals surface area contributed by atoms with Crippen LogP contribution in [0.15, 0.2) is 42.5 Å². The molecule has 0 radical (unpaired) electrons. The second-order valence-corrected chi connectivity index (χ2v) is 4.16. The number of rotatable bonds is 3. The molecule has 1 aliphatic heterocycles. The number of nitrogens with one attached hydrogen (secondary N) is 1. The number of ether oxygens (including phenoxy) is 3. The van der Waals surface area contributed by atoms with Crippen LogP contribution in [0.3, 0.4) is 0 Å². The third-order valence-electron chi connectivity index (χ3n) is 2.94. The van der Waals surface area contributed by atoms with Crippen LogP contribution in [0.2, 0.25) is 0 Å². The van der Waals surface area contributed by atoms with Crippen molar-refractivity contribution in [1.29, 1.82) is 0 Å². The monoisotopic (exact) mass is 257 g/mol. The molecule has 98 valence electrons. The molecule has 4 heteroatoms. The minimum absolute atomic E-state index is 0.567. The first kappa shape index (κ1) is 11.7. The Labute approximate surface area is 111 Å². The Bertz CT molecular complexity index is 583. The van der Waals surface area contributed by atoms with Crippen molar-refractivity contribution in [2.75, 3.05) is 25.6 Å². The molecule has 4 nitrogen and oxygen atoms in total. The normalized spacial score (nSPS) is 12.9. The highest BCUT2D eigenvalue weighted by Gasteiger charge is 2.16. The van der Waals surface area contributed by atoms with E-state index in [1.54, 1.807) is 7.11 Å². The first-order chi connectivity index (χ1) is 9.38. The summed E-state index contributed by atoms with van der Waals surface area (Å²) in [5.41, 5.74) is 1.77. The molecular weight excluding hydrogens is 242 g/mol. The standard InChI is InChI=1S/C15H15NO3/c1-17-13-7-3-2-5-11(13)16-12-6-4-8-14-15(12)19-10-9-18-14/h2-8,16H,9-10H2,1H3. The highest BCUT2D eigenvalue weighted by atomic mass is 16.6. The van der Waals surface area contributed by atoms with Gasteiger partial charge in [-0.2, -0.15) is 0 Å². The summed E-state index contributed by atoms with van der Waals surface area (Å²) >= 11 is 0. The van der Waals surface area contributed by atoms with Gasteiger partial charge in [0.1, 0.15) is 19.0 Å². The maximum absolute atomic E-state index is 5.67. The molecule has 2 aromatic carbocycles. The molecule has 0 amide bonds. The lowest BCUT2D eigenvalue weighted by Crippen LogP contribution is -2.16. The van der Waals surface area contributed by atoms with Gasteiger partial charge in [-0.1, -0.05) is 18.2 Å². The third kappa shape index (κ3) is 2.29. The molecule has 0 spiro atoms. The van der Waals surface area contributed by atoms with E-state index in [0.29, 0.717) is 13.2 Å². The molecule has 0 aromatic heterocycles. The summed E-state index contributed by atoms with van der Waals surface area (Å²) in [6.45, 7) is 1.16. The Hall–Kier alpha value is -2.36. The first-order valence-electron chi connectivity index (χ1n) is 6.17. The van der Waals surface area contributed by atoms with Gasteiger partial charge in [0.2, 0.25) is 0 Å². The van der Waals surface area contributed by atoms with E-state index in [4.69, 9.17) is 14.2 Å². The molecule has 3 rings (SSSR count). The van der Waals surface area contributed by atoms with Crippen LogP contribution in [0.5, 0.6) is 17.2 Å². The smallest absolute Gasteiger partial charge is 0.184 e. The Kier molecular flexibility index (Phi) is 3.14. The summed E-state index contributed by atoms with van der Waals surface area (Å²) in [7, 11) is 1.65. The summed E-state index contributed by atoms with van der Waals surface area (Å²) in [5, 5.41) is 3.32. The maximum Gasteiger partial charge on any atom is 0.184 e. The number of benzene rings is 2. The summed E-state index contributed by atoms with van der Waals surface area (Å²) in [5.74, 6) is 2.31. The zero-order chi connectivity index (χ0) is 13.1. The van der Waals surface area contributed by atoms with Crippen LogP contribution < -0.4 is 19.5 Å². The summed E-state index contributed by atoms with van der Waals surface area (Å²) in [6, 6.07) is 13.6. The van der Waals surface area contributed by atoms with Crippen molar-refractivity contribution in [2.45, 2.75) is 0 Å². The van der Waals surface area contributed by atoms with Gasteiger partial charge in [0, 0.05) is 0 Å². The minimum atomic E-state index is 0.567. The fourth-order valence-electron chi connectivity index (χ4n) is 2.07. The highest BCUT2D eigenvalue weighted by Crippen LogP contribution is 2.40. The Morgan fingerprint density at radius 2 is 1.74 bits per heavy atom. The van der Waals surface area contributed by atoms with Gasteiger partial charge in [-0.25, -0.2) is 0 Å². The molecule has 1 heterocycles. The lowest BCUT2D eigenvalue weighted by Gasteiger charge is -2.21. The van der Waals surface area contributed by atoms with Crippen molar-refractivity contribution in [1.82, 2.24) is 0 Å². The van der Waals surface area contributed by atoms with E-state index in [2.05, 4.69) is 5.32 Å². The maximum atomic E-state index is 5.67. The van der Waals surface area contributed by atoms with Crippen LogP contribution in [0.1, 0.15) is 0 Å². The van der Waals surface area contributed by atoms with Gasteiger partial charge in [-0.3, -0.25) is 0 Å². The van der Waals surface area contributed by atoms with Crippen molar-refractivity contribution >= 4 is 11.4 Å². The lowest BCUT2D eigenvalue weighted by molar-refractivity contribution is 0.172. The van der Waals surface area contributed by atoms with Crippen LogP contribution in [-0.4, -0.2) is 20.3 Å². The largest absolute Gasteiger partial charge is 0.495 e. The van der Waals surface area contributed by atoms with Crippen molar-refractivity contribution in [2.24, 2.45) is 0 Å². The number of para-hydroxylation sites is 3. The van der Waals surface area contributed by atoms with Crippen molar-refractivity contribution in [3.63, 3.8) is 0 Å². The van der Waals surface area contributed by atoms with Gasteiger partial charge in [0.15, 0.2) is 11.5 Å². The van der Waals surface area contributed by atoms with Crippen molar-refractivity contribution in [3.05, 3.63) is 42.5 Å². The zero-order valence-electron chi connectivity index (χ0n) is 10.7. The molecule has 2 aromatic rings. The molecular formula is C15H15NO3. The second-order valence-electron chi connectivity index (χ2n) is 4.16. The average Bonchev–Trinajstić information content (AvgIpc) is 2.48. The molecule has 0 saturated carbocycles. The Morgan fingerprint density at radius 3 is 2.63 bits per heavy atom. The number of hydrogen-bond donors (Lipinski definition) is 1. The predicted molar refractivity (Wildman–Crippen MR) is 73.7 cm³/mol.